The highest BCUT2D eigenvalue weighted by Crippen LogP contribution is 2.28. The number of pyridine rings is 1. The molecule has 0 unspecified atom stereocenters. The van der Waals surface area contributed by atoms with Crippen LogP contribution in [0.4, 0.5) is 0 Å². The Morgan fingerprint density at radius 2 is 2.19 bits per heavy atom. The lowest BCUT2D eigenvalue weighted by molar-refractivity contribution is 0.297. The van der Waals surface area contributed by atoms with Gasteiger partial charge in [0.15, 0.2) is 0 Å². The van der Waals surface area contributed by atoms with Crippen molar-refractivity contribution in [2.24, 2.45) is 5.73 Å². The molecule has 1 atom stereocenters. The Morgan fingerprint density at radius 3 is 2.95 bits per heavy atom. The van der Waals surface area contributed by atoms with Crippen LogP contribution in [0.5, 0.6) is 5.75 Å². The van der Waals surface area contributed by atoms with E-state index in [-0.39, 0.29) is 6.04 Å². The van der Waals surface area contributed by atoms with Gasteiger partial charge in [0.05, 0.1) is 5.69 Å². The number of nitrogens with zero attached hydrogens (tertiary/aromatic N) is 2. The zero-order valence-corrected chi connectivity index (χ0v) is 13.2. The lowest BCUT2D eigenvalue weighted by Gasteiger charge is -2.13. The van der Waals surface area contributed by atoms with Gasteiger partial charge in [-0.05, 0) is 37.3 Å². The monoisotopic (exact) mass is 345 g/mol. The molecule has 3 aromatic rings. The highest BCUT2D eigenvalue weighted by atomic mass is 79.9. The summed E-state index contributed by atoms with van der Waals surface area (Å²) < 4.78 is 8.87. The van der Waals surface area contributed by atoms with Crippen molar-refractivity contribution in [2.45, 2.75) is 19.6 Å². The van der Waals surface area contributed by atoms with E-state index in [4.69, 9.17) is 10.5 Å². The molecule has 0 spiro atoms. The molecular formula is C16H16BrN3O. The standard InChI is InChI=1S/C16H16BrN3O/c1-11(18)14-8-12(17)5-6-15(14)21-10-13-9-20-7-3-2-4-16(20)19-13/h2-9,11H,10,18H2,1H3/t11-/m1/s1. The Kier molecular flexibility index (Phi) is 3.94. The number of ether oxygens (including phenoxy) is 1. The zero-order chi connectivity index (χ0) is 14.8. The summed E-state index contributed by atoms with van der Waals surface area (Å²) >= 11 is 3.46. The van der Waals surface area contributed by atoms with E-state index in [0.717, 1.165) is 27.1 Å². The summed E-state index contributed by atoms with van der Waals surface area (Å²) in [4.78, 5) is 4.52. The number of imidazole rings is 1. The number of benzene rings is 1. The lowest BCUT2D eigenvalue weighted by Crippen LogP contribution is -2.08. The maximum Gasteiger partial charge on any atom is 0.137 e. The molecule has 5 heteroatoms. The molecule has 2 heterocycles. The first kappa shape index (κ1) is 14.1. The van der Waals surface area contributed by atoms with Crippen LogP contribution >= 0.6 is 15.9 Å². The Hall–Kier alpha value is -1.85. The predicted molar refractivity (Wildman–Crippen MR) is 86.3 cm³/mol. The van der Waals surface area contributed by atoms with E-state index in [2.05, 4.69) is 20.9 Å². The fraction of sp³-hybridized carbons (Fsp3) is 0.188. The average Bonchev–Trinajstić information content (AvgIpc) is 2.88. The fourth-order valence-corrected chi connectivity index (χ4v) is 2.59. The van der Waals surface area contributed by atoms with E-state index in [9.17, 15) is 0 Å². The third kappa shape index (κ3) is 3.09. The molecule has 0 fully saturated rings. The highest BCUT2D eigenvalue weighted by Gasteiger charge is 2.10. The van der Waals surface area contributed by atoms with Crippen LogP contribution in [-0.4, -0.2) is 9.38 Å². The molecule has 1 aromatic carbocycles. The van der Waals surface area contributed by atoms with E-state index in [1.54, 1.807) is 0 Å². The van der Waals surface area contributed by atoms with Crippen molar-refractivity contribution in [3.63, 3.8) is 0 Å². The number of hydrogen-bond acceptors (Lipinski definition) is 3. The van der Waals surface area contributed by atoms with Crippen LogP contribution < -0.4 is 10.5 Å². The van der Waals surface area contributed by atoms with Gasteiger partial charge >= 0.3 is 0 Å². The Morgan fingerprint density at radius 1 is 1.33 bits per heavy atom. The van der Waals surface area contributed by atoms with E-state index < -0.39 is 0 Å². The molecule has 4 nitrogen and oxygen atoms in total. The fourth-order valence-electron chi connectivity index (χ4n) is 2.22. The van der Waals surface area contributed by atoms with Gasteiger partial charge in [-0.1, -0.05) is 22.0 Å². The predicted octanol–water partition coefficient (Wildman–Crippen LogP) is 3.70. The summed E-state index contributed by atoms with van der Waals surface area (Å²) in [5.41, 5.74) is 8.78. The summed E-state index contributed by atoms with van der Waals surface area (Å²) in [6.07, 6.45) is 3.94. The molecule has 0 saturated carbocycles. The topological polar surface area (TPSA) is 52.5 Å². The van der Waals surface area contributed by atoms with Crippen molar-refractivity contribution >= 4 is 21.6 Å². The lowest BCUT2D eigenvalue weighted by atomic mass is 10.1. The van der Waals surface area contributed by atoms with Gasteiger partial charge in [0.1, 0.15) is 18.0 Å². The quantitative estimate of drug-likeness (QED) is 0.784. The third-order valence-electron chi connectivity index (χ3n) is 3.25. The minimum Gasteiger partial charge on any atom is -0.487 e. The summed E-state index contributed by atoms with van der Waals surface area (Å²) in [5.74, 6) is 0.797. The molecule has 0 bridgehead atoms. The first-order valence-corrected chi connectivity index (χ1v) is 7.53. The van der Waals surface area contributed by atoms with Crippen molar-refractivity contribution in [1.82, 2.24) is 9.38 Å². The second-order valence-electron chi connectivity index (χ2n) is 4.96. The van der Waals surface area contributed by atoms with Gasteiger partial charge in [-0.3, -0.25) is 0 Å². The van der Waals surface area contributed by atoms with Gasteiger partial charge in [-0.25, -0.2) is 4.98 Å². The zero-order valence-electron chi connectivity index (χ0n) is 11.7. The van der Waals surface area contributed by atoms with E-state index in [1.807, 2.05) is 60.1 Å². The van der Waals surface area contributed by atoms with E-state index in [1.165, 1.54) is 0 Å². The number of aromatic nitrogens is 2. The molecule has 0 aliphatic carbocycles. The first-order valence-electron chi connectivity index (χ1n) is 6.74. The normalized spacial score (nSPS) is 12.5. The summed E-state index contributed by atoms with van der Waals surface area (Å²) in [7, 11) is 0. The Labute approximate surface area is 131 Å². The highest BCUT2D eigenvalue weighted by molar-refractivity contribution is 9.10. The maximum atomic E-state index is 5.99. The Bertz CT molecular complexity index is 734. The van der Waals surface area contributed by atoms with Crippen LogP contribution in [0.1, 0.15) is 24.2 Å². The number of nitrogens with two attached hydrogens (primary N) is 1. The van der Waals surface area contributed by atoms with Crippen molar-refractivity contribution in [3.05, 3.63) is 64.5 Å². The van der Waals surface area contributed by atoms with Gasteiger partial charge in [-0.15, -0.1) is 0 Å². The summed E-state index contributed by atoms with van der Waals surface area (Å²) in [6, 6.07) is 11.7. The first-order chi connectivity index (χ1) is 10.1. The van der Waals surface area contributed by atoms with Gasteiger partial charge in [0.2, 0.25) is 0 Å². The van der Waals surface area contributed by atoms with Crippen LogP contribution in [0.25, 0.3) is 5.65 Å². The largest absolute Gasteiger partial charge is 0.487 e. The smallest absolute Gasteiger partial charge is 0.137 e. The van der Waals surface area contributed by atoms with Gasteiger partial charge in [0.25, 0.3) is 0 Å². The second-order valence-corrected chi connectivity index (χ2v) is 5.87. The number of halogens is 1. The summed E-state index contributed by atoms with van der Waals surface area (Å²) in [6.45, 7) is 2.36. The van der Waals surface area contributed by atoms with Crippen LogP contribution in [0, 0.1) is 0 Å². The van der Waals surface area contributed by atoms with Crippen molar-refractivity contribution in [3.8, 4) is 5.75 Å². The average molecular weight is 346 g/mol. The number of rotatable bonds is 4. The van der Waals surface area contributed by atoms with Crippen LogP contribution in [0.3, 0.4) is 0 Å². The van der Waals surface area contributed by atoms with Gasteiger partial charge in [-0.2, -0.15) is 0 Å². The van der Waals surface area contributed by atoms with Gasteiger partial charge < -0.3 is 14.9 Å². The van der Waals surface area contributed by atoms with Gasteiger partial charge in [0, 0.05) is 28.5 Å². The third-order valence-corrected chi connectivity index (χ3v) is 3.75. The second kappa shape index (κ2) is 5.87. The van der Waals surface area contributed by atoms with Crippen molar-refractivity contribution in [1.29, 1.82) is 0 Å². The molecular weight excluding hydrogens is 330 g/mol. The molecule has 0 radical (unpaired) electrons. The molecule has 2 aromatic heterocycles. The maximum absolute atomic E-state index is 5.99. The van der Waals surface area contributed by atoms with Crippen molar-refractivity contribution in [2.75, 3.05) is 0 Å². The minimum absolute atomic E-state index is 0.0847. The summed E-state index contributed by atoms with van der Waals surface area (Å²) in [5, 5.41) is 0. The van der Waals surface area contributed by atoms with Crippen LogP contribution in [0.2, 0.25) is 0 Å². The number of hydrogen-bond donors (Lipinski definition) is 1. The van der Waals surface area contributed by atoms with E-state index in [0.29, 0.717) is 6.61 Å². The molecule has 0 aliphatic rings. The molecule has 2 N–H and O–H groups in total. The molecule has 21 heavy (non-hydrogen) atoms. The molecule has 0 aliphatic heterocycles. The Balaban J connectivity index is 1.81. The SMILES string of the molecule is C[C@@H](N)c1cc(Br)ccc1OCc1cn2ccccc2n1. The number of fused-ring (bicyclic) bond motifs is 1. The van der Waals surface area contributed by atoms with E-state index >= 15 is 0 Å². The molecule has 0 amide bonds. The van der Waals surface area contributed by atoms with Crippen LogP contribution in [-0.2, 0) is 6.61 Å². The van der Waals surface area contributed by atoms with Crippen molar-refractivity contribution < 1.29 is 4.74 Å². The minimum atomic E-state index is -0.0847. The molecule has 3 rings (SSSR count). The van der Waals surface area contributed by atoms with Crippen LogP contribution in [0.15, 0.2) is 53.3 Å². The molecule has 108 valence electrons. The molecule has 0 saturated heterocycles.